The van der Waals surface area contributed by atoms with Gasteiger partial charge in [0.1, 0.15) is 23.1 Å². The highest BCUT2D eigenvalue weighted by Crippen LogP contribution is 2.31. The van der Waals surface area contributed by atoms with Crippen molar-refractivity contribution >= 4 is 34.9 Å². The molecule has 8 heteroatoms. The lowest BCUT2D eigenvalue weighted by atomic mass is 10.3. The van der Waals surface area contributed by atoms with Crippen molar-refractivity contribution in [2.45, 2.75) is 0 Å². The summed E-state index contributed by atoms with van der Waals surface area (Å²) in [7, 11) is 0. The molecule has 3 aromatic rings. The van der Waals surface area contributed by atoms with Crippen LogP contribution in [0.4, 0.5) is 0 Å². The Kier molecular flexibility index (Phi) is 4.64. The van der Waals surface area contributed by atoms with Crippen LogP contribution in [0.3, 0.4) is 0 Å². The number of hydrogen-bond donors (Lipinski definition) is 1. The first-order valence-electron chi connectivity index (χ1n) is 6.80. The Morgan fingerprint density at radius 1 is 1.30 bits per heavy atom. The molecule has 0 aliphatic heterocycles. The zero-order valence-corrected chi connectivity index (χ0v) is 13.4. The molecule has 0 fully saturated rings. The van der Waals surface area contributed by atoms with E-state index in [0.29, 0.717) is 33.8 Å². The van der Waals surface area contributed by atoms with Gasteiger partial charge in [0, 0.05) is 18.6 Å². The standard InChI is InChI=1S/C15H12Cl2N4O2/c16-10-3-1-4-12(13(10)17)23-8-6-18-14(22)11-9-21-7-2-5-19-15(21)20-11/h1-5,7,9H,6,8H2,(H,18,22). The normalized spacial score (nSPS) is 10.7. The molecular formula is C15H12Cl2N4O2. The topological polar surface area (TPSA) is 68.5 Å². The lowest BCUT2D eigenvalue weighted by Gasteiger charge is -2.09. The highest BCUT2D eigenvalue weighted by atomic mass is 35.5. The molecule has 2 heterocycles. The SMILES string of the molecule is O=C(NCCOc1cccc(Cl)c1Cl)c1cn2cccnc2n1. The number of nitrogens with one attached hydrogen (secondary N) is 1. The van der Waals surface area contributed by atoms with Gasteiger partial charge in [-0.1, -0.05) is 29.3 Å². The number of fused-ring (bicyclic) bond motifs is 1. The minimum Gasteiger partial charge on any atom is -0.490 e. The van der Waals surface area contributed by atoms with Gasteiger partial charge in [-0.3, -0.25) is 9.20 Å². The van der Waals surface area contributed by atoms with Crippen molar-refractivity contribution in [2.75, 3.05) is 13.2 Å². The average molecular weight is 351 g/mol. The summed E-state index contributed by atoms with van der Waals surface area (Å²) >= 11 is 11.9. The predicted octanol–water partition coefficient (Wildman–Crippen LogP) is 2.84. The fourth-order valence-electron chi connectivity index (χ4n) is 1.95. The van der Waals surface area contributed by atoms with E-state index in [-0.39, 0.29) is 12.5 Å². The molecule has 2 aromatic heterocycles. The molecule has 0 saturated heterocycles. The molecular weight excluding hydrogens is 339 g/mol. The van der Waals surface area contributed by atoms with Gasteiger partial charge >= 0.3 is 0 Å². The van der Waals surface area contributed by atoms with Crippen LogP contribution in [0.2, 0.25) is 10.0 Å². The molecule has 118 valence electrons. The van der Waals surface area contributed by atoms with E-state index in [1.54, 1.807) is 47.3 Å². The van der Waals surface area contributed by atoms with Crippen molar-refractivity contribution in [3.63, 3.8) is 0 Å². The first kappa shape index (κ1) is 15.6. The first-order chi connectivity index (χ1) is 11.1. The number of nitrogens with zero attached hydrogens (tertiary/aromatic N) is 3. The van der Waals surface area contributed by atoms with Crippen molar-refractivity contribution in [3.8, 4) is 5.75 Å². The van der Waals surface area contributed by atoms with Crippen molar-refractivity contribution in [2.24, 2.45) is 0 Å². The third kappa shape index (κ3) is 3.55. The molecule has 0 aliphatic rings. The van der Waals surface area contributed by atoms with Gasteiger partial charge in [0.2, 0.25) is 5.78 Å². The van der Waals surface area contributed by atoms with Crippen molar-refractivity contribution in [3.05, 3.63) is 58.6 Å². The van der Waals surface area contributed by atoms with Crippen LogP contribution in [0, 0.1) is 0 Å². The van der Waals surface area contributed by atoms with E-state index >= 15 is 0 Å². The quantitative estimate of drug-likeness (QED) is 0.718. The summed E-state index contributed by atoms with van der Waals surface area (Å²) in [6.07, 6.45) is 5.01. The van der Waals surface area contributed by atoms with Crippen LogP contribution < -0.4 is 10.1 Å². The maximum Gasteiger partial charge on any atom is 0.271 e. The van der Waals surface area contributed by atoms with Gasteiger partial charge in [0.05, 0.1) is 11.6 Å². The van der Waals surface area contributed by atoms with Gasteiger partial charge < -0.3 is 10.1 Å². The monoisotopic (exact) mass is 350 g/mol. The minimum atomic E-state index is -0.295. The molecule has 23 heavy (non-hydrogen) atoms. The van der Waals surface area contributed by atoms with E-state index in [1.807, 2.05) is 0 Å². The van der Waals surface area contributed by atoms with Crippen molar-refractivity contribution in [1.29, 1.82) is 0 Å². The number of ether oxygens (including phenoxy) is 1. The zero-order valence-electron chi connectivity index (χ0n) is 11.9. The zero-order chi connectivity index (χ0) is 16.2. The van der Waals surface area contributed by atoms with E-state index in [9.17, 15) is 4.79 Å². The van der Waals surface area contributed by atoms with Crippen molar-refractivity contribution < 1.29 is 9.53 Å². The van der Waals surface area contributed by atoms with Gasteiger partial charge in [-0.05, 0) is 18.2 Å². The second-order valence-electron chi connectivity index (χ2n) is 4.61. The molecule has 0 aliphatic carbocycles. The fraction of sp³-hybridized carbons (Fsp3) is 0.133. The van der Waals surface area contributed by atoms with E-state index in [2.05, 4.69) is 15.3 Å². The summed E-state index contributed by atoms with van der Waals surface area (Å²) in [6.45, 7) is 0.570. The van der Waals surface area contributed by atoms with E-state index in [4.69, 9.17) is 27.9 Å². The maximum absolute atomic E-state index is 12.0. The Morgan fingerprint density at radius 2 is 2.17 bits per heavy atom. The second-order valence-corrected chi connectivity index (χ2v) is 5.39. The van der Waals surface area contributed by atoms with Gasteiger partial charge in [-0.25, -0.2) is 9.97 Å². The second kappa shape index (κ2) is 6.85. The van der Waals surface area contributed by atoms with Crippen LogP contribution in [-0.4, -0.2) is 33.4 Å². The number of halogens is 2. The maximum atomic E-state index is 12.0. The fourth-order valence-corrected chi connectivity index (χ4v) is 2.30. The Labute approximate surface area is 142 Å². The molecule has 1 aromatic carbocycles. The summed E-state index contributed by atoms with van der Waals surface area (Å²) < 4.78 is 7.17. The molecule has 0 bridgehead atoms. The number of rotatable bonds is 5. The van der Waals surface area contributed by atoms with Crippen molar-refractivity contribution in [1.82, 2.24) is 19.7 Å². The third-order valence-electron chi connectivity index (χ3n) is 3.03. The van der Waals surface area contributed by atoms with Crippen LogP contribution in [0.1, 0.15) is 10.5 Å². The van der Waals surface area contributed by atoms with Gasteiger partial charge in [0.15, 0.2) is 0 Å². The molecule has 1 amide bonds. The number of carbonyl (C=O) groups is 1. The van der Waals surface area contributed by atoms with Gasteiger partial charge in [0.25, 0.3) is 5.91 Å². The predicted molar refractivity (Wildman–Crippen MR) is 87.3 cm³/mol. The number of hydrogen-bond acceptors (Lipinski definition) is 4. The molecule has 0 radical (unpaired) electrons. The number of aromatic nitrogens is 3. The van der Waals surface area contributed by atoms with E-state index in [1.165, 1.54) is 0 Å². The number of amides is 1. The molecule has 0 spiro atoms. The highest BCUT2D eigenvalue weighted by molar-refractivity contribution is 6.42. The first-order valence-corrected chi connectivity index (χ1v) is 7.55. The molecule has 3 rings (SSSR count). The van der Waals surface area contributed by atoms with Crippen LogP contribution in [-0.2, 0) is 0 Å². The van der Waals surface area contributed by atoms with Gasteiger partial charge in [-0.2, -0.15) is 0 Å². The number of imidazole rings is 1. The largest absolute Gasteiger partial charge is 0.490 e. The lowest BCUT2D eigenvalue weighted by molar-refractivity contribution is 0.0942. The van der Waals surface area contributed by atoms with Crippen LogP contribution >= 0.6 is 23.2 Å². The number of carbonyl (C=O) groups excluding carboxylic acids is 1. The highest BCUT2D eigenvalue weighted by Gasteiger charge is 2.11. The summed E-state index contributed by atoms with van der Waals surface area (Å²) in [5, 5.41) is 3.50. The third-order valence-corrected chi connectivity index (χ3v) is 3.83. The van der Waals surface area contributed by atoms with Crippen LogP contribution in [0.5, 0.6) is 5.75 Å². The summed E-state index contributed by atoms with van der Waals surface area (Å²) in [4.78, 5) is 20.2. The van der Waals surface area contributed by atoms with Crippen LogP contribution in [0.15, 0.2) is 42.9 Å². The van der Waals surface area contributed by atoms with E-state index < -0.39 is 0 Å². The molecule has 0 saturated carbocycles. The average Bonchev–Trinajstić information content (AvgIpc) is 2.99. The summed E-state index contributed by atoms with van der Waals surface area (Å²) in [5.74, 6) is 0.654. The Bertz CT molecular complexity index is 817. The smallest absolute Gasteiger partial charge is 0.271 e. The summed E-state index contributed by atoms with van der Waals surface area (Å²) in [6, 6.07) is 6.89. The molecule has 6 nitrogen and oxygen atoms in total. The Hall–Kier alpha value is -2.31. The molecule has 0 atom stereocenters. The van der Waals surface area contributed by atoms with Gasteiger partial charge in [-0.15, -0.1) is 0 Å². The molecule has 1 N–H and O–H groups in total. The van der Waals surface area contributed by atoms with E-state index in [0.717, 1.165) is 0 Å². The number of benzene rings is 1. The molecule has 0 unspecified atom stereocenters. The lowest BCUT2D eigenvalue weighted by Crippen LogP contribution is -2.28. The minimum absolute atomic E-state index is 0.261. The Balaban J connectivity index is 1.54. The summed E-state index contributed by atoms with van der Waals surface area (Å²) in [5.41, 5.74) is 0.296. The Morgan fingerprint density at radius 3 is 3.00 bits per heavy atom. The van der Waals surface area contributed by atoms with Crippen LogP contribution in [0.25, 0.3) is 5.78 Å².